The SMILES string of the molecule is CCNC(=NCC(=O)N1CCCC1)NCC(NC(=O)OC(C)(C)C)C(C)C. The van der Waals surface area contributed by atoms with Gasteiger partial charge in [-0.2, -0.15) is 0 Å². The Bertz CT molecular complexity index is 508. The fraction of sp³-hybridized carbons (Fsp3) is 0.842. The number of guanidine groups is 1. The van der Waals surface area contributed by atoms with Gasteiger partial charge in [0, 0.05) is 26.2 Å². The minimum atomic E-state index is -0.536. The zero-order chi connectivity index (χ0) is 20.4. The smallest absolute Gasteiger partial charge is 0.407 e. The Balaban J connectivity index is 2.58. The summed E-state index contributed by atoms with van der Waals surface area (Å²) in [4.78, 5) is 30.5. The highest BCUT2D eigenvalue weighted by molar-refractivity contribution is 5.85. The molecule has 0 aromatic rings. The van der Waals surface area contributed by atoms with Gasteiger partial charge >= 0.3 is 6.09 Å². The molecule has 8 nitrogen and oxygen atoms in total. The van der Waals surface area contributed by atoms with Gasteiger partial charge in [0.15, 0.2) is 5.96 Å². The third-order valence-electron chi connectivity index (χ3n) is 4.17. The van der Waals surface area contributed by atoms with Crippen molar-refractivity contribution in [2.75, 3.05) is 32.7 Å². The second-order valence-electron chi connectivity index (χ2n) is 8.16. The van der Waals surface area contributed by atoms with Gasteiger partial charge in [-0.15, -0.1) is 0 Å². The van der Waals surface area contributed by atoms with E-state index in [1.807, 2.05) is 46.4 Å². The summed E-state index contributed by atoms with van der Waals surface area (Å²) in [6, 6.07) is -0.127. The number of nitrogens with zero attached hydrogens (tertiary/aromatic N) is 2. The summed E-state index contributed by atoms with van der Waals surface area (Å²) in [5.41, 5.74) is -0.536. The van der Waals surface area contributed by atoms with Gasteiger partial charge in [0.25, 0.3) is 0 Å². The molecule has 0 aromatic carbocycles. The Kier molecular flexibility index (Phi) is 9.38. The zero-order valence-electron chi connectivity index (χ0n) is 17.7. The Hall–Kier alpha value is -1.99. The second-order valence-corrected chi connectivity index (χ2v) is 8.16. The number of carbonyl (C=O) groups is 2. The van der Waals surface area contributed by atoms with Gasteiger partial charge < -0.3 is 25.6 Å². The van der Waals surface area contributed by atoms with E-state index < -0.39 is 11.7 Å². The van der Waals surface area contributed by atoms with Crippen LogP contribution in [0.1, 0.15) is 54.4 Å². The predicted octanol–water partition coefficient (Wildman–Crippen LogP) is 1.71. The molecule has 8 heteroatoms. The van der Waals surface area contributed by atoms with E-state index in [2.05, 4.69) is 20.9 Å². The number of hydrogen-bond acceptors (Lipinski definition) is 4. The number of likely N-dealkylation sites (tertiary alicyclic amines) is 1. The molecule has 0 spiro atoms. The third kappa shape index (κ3) is 9.49. The van der Waals surface area contributed by atoms with Crippen molar-refractivity contribution < 1.29 is 14.3 Å². The van der Waals surface area contributed by atoms with Crippen LogP contribution in [0.5, 0.6) is 0 Å². The van der Waals surface area contributed by atoms with E-state index in [0.29, 0.717) is 19.0 Å². The summed E-state index contributed by atoms with van der Waals surface area (Å²) in [7, 11) is 0. The average molecular weight is 384 g/mol. The minimum Gasteiger partial charge on any atom is -0.444 e. The summed E-state index contributed by atoms with van der Waals surface area (Å²) in [5, 5.41) is 9.25. The molecule has 27 heavy (non-hydrogen) atoms. The molecule has 0 aromatic heterocycles. The summed E-state index contributed by atoms with van der Waals surface area (Å²) in [5.74, 6) is 0.831. The van der Waals surface area contributed by atoms with Crippen molar-refractivity contribution in [3.63, 3.8) is 0 Å². The lowest BCUT2D eigenvalue weighted by atomic mass is 10.0. The Labute approximate surface area is 163 Å². The molecule has 0 aliphatic carbocycles. The Morgan fingerprint density at radius 3 is 2.30 bits per heavy atom. The van der Waals surface area contributed by atoms with Crippen LogP contribution in [0.25, 0.3) is 0 Å². The molecule has 0 bridgehead atoms. The lowest BCUT2D eigenvalue weighted by Crippen LogP contribution is -2.50. The number of aliphatic imine (C=N–C) groups is 1. The van der Waals surface area contributed by atoms with Gasteiger partial charge in [-0.05, 0) is 46.5 Å². The molecular weight excluding hydrogens is 346 g/mol. The number of amides is 2. The quantitative estimate of drug-likeness (QED) is 0.460. The predicted molar refractivity (Wildman–Crippen MR) is 108 cm³/mol. The van der Waals surface area contributed by atoms with Gasteiger partial charge in [-0.1, -0.05) is 13.8 Å². The van der Waals surface area contributed by atoms with Crippen LogP contribution >= 0.6 is 0 Å². The molecule has 0 radical (unpaired) electrons. The summed E-state index contributed by atoms with van der Waals surface area (Å²) >= 11 is 0. The maximum absolute atomic E-state index is 12.2. The number of nitrogens with one attached hydrogen (secondary N) is 3. The largest absolute Gasteiger partial charge is 0.444 e. The first kappa shape index (κ1) is 23.0. The Morgan fingerprint density at radius 2 is 1.78 bits per heavy atom. The number of alkyl carbamates (subject to hydrolysis) is 1. The van der Waals surface area contributed by atoms with Gasteiger partial charge in [0.1, 0.15) is 12.1 Å². The minimum absolute atomic E-state index is 0.0528. The third-order valence-corrected chi connectivity index (χ3v) is 4.17. The van der Waals surface area contributed by atoms with E-state index in [1.165, 1.54) is 0 Å². The fourth-order valence-corrected chi connectivity index (χ4v) is 2.67. The molecule has 2 amide bonds. The maximum atomic E-state index is 12.2. The number of hydrogen-bond donors (Lipinski definition) is 3. The van der Waals surface area contributed by atoms with Crippen LogP contribution in [0.4, 0.5) is 4.79 Å². The van der Waals surface area contributed by atoms with Crippen molar-refractivity contribution in [1.82, 2.24) is 20.9 Å². The van der Waals surface area contributed by atoms with E-state index in [0.717, 1.165) is 25.9 Å². The second kappa shape index (κ2) is 11.0. The summed E-state index contributed by atoms with van der Waals surface area (Å²) in [6.45, 7) is 14.5. The molecule has 1 aliphatic heterocycles. The van der Waals surface area contributed by atoms with Gasteiger partial charge in [0.05, 0.1) is 6.04 Å². The fourth-order valence-electron chi connectivity index (χ4n) is 2.67. The van der Waals surface area contributed by atoms with Gasteiger partial charge in [0.2, 0.25) is 5.91 Å². The van der Waals surface area contributed by atoms with E-state index in [4.69, 9.17) is 4.74 Å². The molecular formula is C19H37N5O3. The first-order valence-corrected chi connectivity index (χ1v) is 9.92. The van der Waals surface area contributed by atoms with Crippen molar-refractivity contribution in [3.05, 3.63) is 0 Å². The van der Waals surface area contributed by atoms with Gasteiger partial charge in [-0.3, -0.25) is 4.79 Å². The van der Waals surface area contributed by atoms with E-state index >= 15 is 0 Å². The highest BCUT2D eigenvalue weighted by atomic mass is 16.6. The molecule has 0 saturated carbocycles. The summed E-state index contributed by atoms with van der Waals surface area (Å²) < 4.78 is 5.33. The van der Waals surface area contributed by atoms with Crippen LogP contribution < -0.4 is 16.0 Å². The van der Waals surface area contributed by atoms with E-state index in [1.54, 1.807) is 0 Å². The monoisotopic (exact) mass is 383 g/mol. The first-order valence-electron chi connectivity index (χ1n) is 9.92. The van der Waals surface area contributed by atoms with Crippen molar-refractivity contribution >= 4 is 18.0 Å². The Morgan fingerprint density at radius 1 is 1.15 bits per heavy atom. The van der Waals surface area contributed by atoms with Crippen molar-refractivity contribution in [2.45, 2.75) is 66.0 Å². The van der Waals surface area contributed by atoms with Crippen LogP contribution in [-0.4, -0.2) is 67.2 Å². The van der Waals surface area contributed by atoms with Crippen molar-refractivity contribution in [1.29, 1.82) is 0 Å². The van der Waals surface area contributed by atoms with Gasteiger partial charge in [-0.25, -0.2) is 9.79 Å². The molecule has 1 atom stereocenters. The van der Waals surface area contributed by atoms with Crippen molar-refractivity contribution in [2.24, 2.45) is 10.9 Å². The highest BCUT2D eigenvalue weighted by Gasteiger charge is 2.22. The lowest BCUT2D eigenvalue weighted by molar-refractivity contribution is -0.128. The molecule has 1 rings (SSSR count). The van der Waals surface area contributed by atoms with Crippen LogP contribution in [0.2, 0.25) is 0 Å². The first-order chi connectivity index (χ1) is 12.6. The topological polar surface area (TPSA) is 95.1 Å². The van der Waals surface area contributed by atoms with Crippen LogP contribution in [0.3, 0.4) is 0 Å². The number of ether oxygens (including phenoxy) is 1. The maximum Gasteiger partial charge on any atom is 0.407 e. The lowest BCUT2D eigenvalue weighted by Gasteiger charge is -2.26. The van der Waals surface area contributed by atoms with Crippen LogP contribution in [0, 0.1) is 5.92 Å². The number of carbonyl (C=O) groups excluding carboxylic acids is 2. The summed E-state index contributed by atoms with van der Waals surface area (Å²) in [6.07, 6.45) is 1.70. The molecule has 1 unspecified atom stereocenters. The molecule has 3 N–H and O–H groups in total. The highest BCUT2D eigenvalue weighted by Crippen LogP contribution is 2.09. The van der Waals surface area contributed by atoms with E-state index in [9.17, 15) is 9.59 Å². The molecule has 1 heterocycles. The molecule has 156 valence electrons. The zero-order valence-corrected chi connectivity index (χ0v) is 17.7. The average Bonchev–Trinajstić information content (AvgIpc) is 3.08. The van der Waals surface area contributed by atoms with Crippen molar-refractivity contribution in [3.8, 4) is 0 Å². The molecule has 1 saturated heterocycles. The number of rotatable bonds is 7. The van der Waals surface area contributed by atoms with Crippen LogP contribution in [-0.2, 0) is 9.53 Å². The molecule has 1 fully saturated rings. The van der Waals surface area contributed by atoms with E-state index in [-0.39, 0.29) is 24.4 Å². The van der Waals surface area contributed by atoms with Crippen LogP contribution in [0.15, 0.2) is 4.99 Å². The standard InChI is InChI=1S/C19H37N5O3/c1-7-20-17(22-13-16(25)24-10-8-9-11-24)21-12-15(14(2)3)23-18(26)27-19(4,5)6/h14-15H,7-13H2,1-6H3,(H,23,26)(H2,20,21,22). The normalized spacial score (nSPS) is 16.3. The molecule has 1 aliphatic rings.